The van der Waals surface area contributed by atoms with Gasteiger partial charge in [-0.25, -0.2) is 0 Å². The molecule has 1 fully saturated rings. The van der Waals surface area contributed by atoms with Gasteiger partial charge in [0, 0.05) is 25.2 Å². The van der Waals surface area contributed by atoms with Crippen molar-refractivity contribution in [3.8, 4) is 0 Å². The molecule has 3 heterocycles. The van der Waals surface area contributed by atoms with Crippen molar-refractivity contribution in [1.29, 1.82) is 0 Å². The topological polar surface area (TPSA) is 76.5 Å². The molecule has 1 saturated heterocycles. The van der Waals surface area contributed by atoms with Crippen molar-refractivity contribution in [3.63, 3.8) is 0 Å². The third-order valence-corrected chi connectivity index (χ3v) is 4.80. The Morgan fingerprint density at radius 3 is 2.79 bits per heavy atom. The van der Waals surface area contributed by atoms with Crippen LogP contribution in [0.25, 0.3) is 5.65 Å². The first kappa shape index (κ1) is 14.8. The van der Waals surface area contributed by atoms with Crippen LogP contribution in [0.5, 0.6) is 0 Å². The number of carbonyl (C=O) groups excluding carboxylic acids is 1. The zero-order valence-electron chi connectivity index (χ0n) is 13.2. The number of fused-ring (bicyclic) bond motifs is 1. The van der Waals surface area contributed by atoms with Crippen molar-refractivity contribution in [2.24, 2.45) is 11.7 Å². The summed E-state index contributed by atoms with van der Waals surface area (Å²) >= 11 is 0. The summed E-state index contributed by atoms with van der Waals surface area (Å²) in [6.45, 7) is 1.97. The molecule has 0 unspecified atom stereocenters. The summed E-state index contributed by atoms with van der Waals surface area (Å²) in [6, 6.07) is 13.9. The minimum absolute atomic E-state index is 0.0301. The van der Waals surface area contributed by atoms with E-state index in [-0.39, 0.29) is 11.8 Å². The number of hydrogen-bond donors (Lipinski definition) is 1. The molecule has 6 heteroatoms. The van der Waals surface area contributed by atoms with E-state index >= 15 is 0 Å². The third kappa shape index (κ3) is 2.55. The summed E-state index contributed by atoms with van der Waals surface area (Å²) in [5.74, 6) is 0.608. The minimum Gasteiger partial charge on any atom is -0.338 e. The van der Waals surface area contributed by atoms with Gasteiger partial charge in [0.25, 0.3) is 5.91 Å². The maximum Gasteiger partial charge on any atom is 0.255 e. The summed E-state index contributed by atoms with van der Waals surface area (Å²) in [4.78, 5) is 14.8. The van der Waals surface area contributed by atoms with Crippen LogP contribution in [0, 0.1) is 5.92 Å². The molecule has 2 aromatic heterocycles. The lowest BCUT2D eigenvalue weighted by atomic mass is 9.89. The highest BCUT2D eigenvalue weighted by Crippen LogP contribution is 2.32. The van der Waals surface area contributed by atoms with E-state index < -0.39 is 0 Å². The second-order valence-electron chi connectivity index (χ2n) is 6.24. The summed E-state index contributed by atoms with van der Waals surface area (Å²) in [5, 5.41) is 7.81. The minimum atomic E-state index is 0.0301. The van der Waals surface area contributed by atoms with Gasteiger partial charge >= 0.3 is 0 Å². The van der Waals surface area contributed by atoms with Crippen LogP contribution in [-0.4, -0.2) is 45.0 Å². The average Bonchev–Trinajstić information content (AvgIpc) is 3.27. The van der Waals surface area contributed by atoms with Gasteiger partial charge in [0.1, 0.15) is 6.33 Å². The van der Waals surface area contributed by atoms with Crippen LogP contribution in [0.2, 0.25) is 0 Å². The number of pyridine rings is 1. The Kier molecular flexibility index (Phi) is 3.74. The second kappa shape index (κ2) is 6.05. The van der Waals surface area contributed by atoms with Crippen molar-refractivity contribution in [3.05, 3.63) is 66.1 Å². The van der Waals surface area contributed by atoms with E-state index in [9.17, 15) is 4.79 Å². The number of amides is 1. The molecule has 3 aromatic rings. The predicted molar refractivity (Wildman–Crippen MR) is 90.6 cm³/mol. The molecular formula is C18H19N5O. The standard InChI is InChI=1S/C18H19N5O/c19-8-15-10-22(11-16(15)13-4-2-1-3-5-13)18(24)14-6-7-17-21-20-12-23(17)9-14/h1-7,9,12,15-16H,8,10-11,19H2/t15-,16+/m1/s1. The van der Waals surface area contributed by atoms with Crippen LogP contribution in [-0.2, 0) is 0 Å². The SMILES string of the molecule is NC[C@@H]1CN(C(=O)c2ccc3nncn3c2)C[C@H]1c1ccccc1. The van der Waals surface area contributed by atoms with Crippen LogP contribution in [0.4, 0.5) is 0 Å². The van der Waals surface area contributed by atoms with Crippen LogP contribution < -0.4 is 5.73 Å². The molecule has 2 atom stereocenters. The lowest BCUT2D eigenvalue weighted by Crippen LogP contribution is -2.30. The molecule has 6 nitrogen and oxygen atoms in total. The fourth-order valence-electron chi connectivity index (χ4n) is 3.49. The fraction of sp³-hybridized carbons (Fsp3) is 0.278. The molecule has 0 spiro atoms. The molecular weight excluding hydrogens is 302 g/mol. The van der Waals surface area contributed by atoms with Crippen LogP contribution in [0.3, 0.4) is 0 Å². The molecule has 1 aromatic carbocycles. The van der Waals surface area contributed by atoms with Crippen LogP contribution in [0.15, 0.2) is 55.0 Å². The lowest BCUT2D eigenvalue weighted by molar-refractivity contribution is 0.0786. The molecule has 0 radical (unpaired) electrons. The summed E-state index contributed by atoms with van der Waals surface area (Å²) in [5.41, 5.74) is 8.59. The number of hydrogen-bond acceptors (Lipinski definition) is 4. The highest BCUT2D eigenvalue weighted by atomic mass is 16.2. The fourth-order valence-corrected chi connectivity index (χ4v) is 3.49. The number of aromatic nitrogens is 3. The number of carbonyl (C=O) groups is 1. The second-order valence-corrected chi connectivity index (χ2v) is 6.24. The van der Waals surface area contributed by atoms with Crippen molar-refractivity contribution in [2.75, 3.05) is 19.6 Å². The molecule has 4 rings (SSSR count). The Labute approximate surface area is 139 Å². The van der Waals surface area contributed by atoms with Gasteiger partial charge in [0.2, 0.25) is 0 Å². The van der Waals surface area contributed by atoms with Crippen molar-refractivity contribution < 1.29 is 4.79 Å². The van der Waals surface area contributed by atoms with Crippen molar-refractivity contribution >= 4 is 11.6 Å². The Morgan fingerprint density at radius 2 is 2.00 bits per heavy atom. The zero-order valence-corrected chi connectivity index (χ0v) is 13.2. The monoisotopic (exact) mass is 321 g/mol. The smallest absolute Gasteiger partial charge is 0.255 e. The van der Waals surface area contributed by atoms with E-state index in [4.69, 9.17) is 5.73 Å². The first-order chi connectivity index (χ1) is 11.8. The summed E-state index contributed by atoms with van der Waals surface area (Å²) < 4.78 is 1.76. The van der Waals surface area contributed by atoms with E-state index in [0.717, 1.165) is 5.65 Å². The first-order valence-electron chi connectivity index (χ1n) is 8.10. The van der Waals surface area contributed by atoms with E-state index in [2.05, 4.69) is 22.3 Å². The van der Waals surface area contributed by atoms with Gasteiger partial charge in [-0.15, -0.1) is 10.2 Å². The van der Waals surface area contributed by atoms with E-state index in [1.807, 2.05) is 29.2 Å². The van der Waals surface area contributed by atoms with Gasteiger partial charge < -0.3 is 10.6 Å². The number of nitrogens with zero attached hydrogens (tertiary/aromatic N) is 4. The molecule has 2 N–H and O–H groups in total. The molecule has 122 valence electrons. The van der Waals surface area contributed by atoms with Gasteiger partial charge in [-0.1, -0.05) is 30.3 Å². The lowest BCUT2D eigenvalue weighted by Gasteiger charge is -2.17. The highest BCUT2D eigenvalue weighted by molar-refractivity contribution is 5.94. The largest absolute Gasteiger partial charge is 0.338 e. The number of rotatable bonds is 3. The highest BCUT2D eigenvalue weighted by Gasteiger charge is 2.35. The van der Waals surface area contributed by atoms with E-state index in [0.29, 0.717) is 31.1 Å². The quantitative estimate of drug-likeness (QED) is 0.794. The number of nitrogens with two attached hydrogens (primary N) is 1. The Balaban J connectivity index is 1.59. The molecule has 0 aliphatic carbocycles. The first-order valence-corrected chi connectivity index (χ1v) is 8.10. The zero-order chi connectivity index (χ0) is 16.5. The Bertz CT molecular complexity index is 860. The molecule has 1 amide bonds. The maximum atomic E-state index is 12.9. The predicted octanol–water partition coefficient (Wildman–Crippen LogP) is 1.54. The van der Waals surface area contributed by atoms with Gasteiger partial charge in [-0.3, -0.25) is 9.20 Å². The van der Waals surface area contributed by atoms with Gasteiger partial charge in [0.15, 0.2) is 5.65 Å². The molecule has 0 bridgehead atoms. The van der Waals surface area contributed by atoms with Gasteiger partial charge in [-0.05, 0) is 30.2 Å². The van der Waals surface area contributed by atoms with E-state index in [1.165, 1.54) is 5.56 Å². The van der Waals surface area contributed by atoms with Crippen molar-refractivity contribution in [1.82, 2.24) is 19.5 Å². The Morgan fingerprint density at radius 1 is 1.17 bits per heavy atom. The third-order valence-electron chi connectivity index (χ3n) is 4.80. The summed E-state index contributed by atoms with van der Waals surface area (Å²) in [7, 11) is 0. The Hall–Kier alpha value is -2.73. The molecule has 0 saturated carbocycles. The average molecular weight is 321 g/mol. The normalized spacial score (nSPS) is 20.6. The molecule has 1 aliphatic heterocycles. The van der Waals surface area contributed by atoms with Crippen LogP contribution in [0.1, 0.15) is 21.8 Å². The number of benzene rings is 1. The summed E-state index contributed by atoms with van der Waals surface area (Å²) in [6.07, 6.45) is 3.39. The maximum absolute atomic E-state index is 12.9. The molecule has 24 heavy (non-hydrogen) atoms. The van der Waals surface area contributed by atoms with Gasteiger partial charge in [0.05, 0.1) is 5.56 Å². The van der Waals surface area contributed by atoms with Crippen molar-refractivity contribution in [2.45, 2.75) is 5.92 Å². The number of likely N-dealkylation sites (tertiary alicyclic amines) is 1. The van der Waals surface area contributed by atoms with E-state index in [1.54, 1.807) is 23.0 Å². The van der Waals surface area contributed by atoms with Crippen LogP contribution >= 0.6 is 0 Å². The molecule has 1 aliphatic rings. The van der Waals surface area contributed by atoms with Gasteiger partial charge in [-0.2, -0.15) is 0 Å².